The molecule has 0 radical (unpaired) electrons. The summed E-state index contributed by atoms with van der Waals surface area (Å²) in [6.45, 7) is 3.41. The quantitative estimate of drug-likeness (QED) is 0.758. The molecular formula is C12H18ClNO. The molecule has 0 heterocycles. The highest BCUT2D eigenvalue weighted by Crippen LogP contribution is 2.19. The van der Waals surface area contributed by atoms with Crippen molar-refractivity contribution in [3.8, 4) is 0 Å². The predicted molar refractivity (Wildman–Crippen MR) is 64.1 cm³/mol. The fraction of sp³-hybridized carbons (Fsp3) is 0.500. The van der Waals surface area contributed by atoms with Gasteiger partial charge in [0.2, 0.25) is 0 Å². The number of unbranched alkanes of at least 4 members (excludes halogenated alkanes) is 1. The third kappa shape index (κ3) is 4.20. The second kappa shape index (κ2) is 6.83. The molecule has 0 saturated carbocycles. The monoisotopic (exact) mass is 227 g/mol. The lowest BCUT2D eigenvalue weighted by Gasteiger charge is -2.16. The van der Waals surface area contributed by atoms with E-state index in [4.69, 9.17) is 22.1 Å². The first-order valence-electron chi connectivity index (χ1n) is 5.35. The number of halogens is 1. The van der Waals surface area contributed by atoms with Crippen LogP contribution in [-0.2, 0) is 4.74 Å². The van der Waals surface area contributed by atoms with Gasteiger partial charge >= 0.3 is 0 Å². The maximum absolute atomic E-state index is 5.81. The Hall–Kier alpha value is -0.570. The highest BCUT2D eigenvalue weighted by atomic mass is 35.5. The van der Waals surface area contributed by atoms with Gasteiger partial charge in [0.05, 0.1) is 6.10 Å². The largest absolute Gasteiger partial charge is 0.372 e. The van der Waals surface area contributed by atoms with Crippen molar-refractivity contribution in [1.82, 2.24) is 0 Å². The molecule has 1 aromatic carbocycles. The fourth-order valence-electron chi connectivity index (χ4n) is 1.35. The van der Waals surface area contributed by atoms with E-state index in [0.717, 1.165) is 30.0 Å². The Labute approximate surface area is 96.4 Å². The SMILES string of the molecule is CCCCOC(CN)c1ccc(Cl)cc1. The molecule has 15 heavy (non-hydrogen) atoms. The van der Waals surface area contributed by atoms with E-state index in [2.05, 4.69) is 6.92 Å². The van der Waals surface area contributed by atoms with E-state index < -0.39 is 0 Å². The van der Waals surface area contributed by atoms with Crippen molar-refractivity contribution in [3.05, 3.63) is 34.9 Å². The molecule has 0 aliphatic heterocycles. The summed E-state index contributed by atoms with van der Waals surface area (Å²) in [6, 6.07) is 7.66. The zero-order chi connectivity index (χ0) is 11.1. The van der Waals surface area contributed by atoms with Gasteiger partial charge in [-0.15, -0.1) is 0 Å². The molecule has 0 aliphatic carbocycles. The van der Waals surface area contributed by atoms with Crippen molar-refractivity contribution in [2.24, 2.45) is 5.73 Å². The van der Waals surface area contributed by atoms with Gasteiger partial charge in [0.25, 0.3) is 0 Å². The standard InChI is InChI=1S/C12H18ClNO/c1-2-3-8-15-12(9-14)10-4-6-11(13)7-5-10/h4-7,12H,2-3,8-9,14H2,1H3. The highest BCUT2D eigenvalue weighted by molar-refractivity contribution is 6.30. The van der Waals surface area contributed by atoms with Crippen molar-refractivity contribution in [2.75, 3.05) is 13.2 Å². The molecule has 1 rings (SSSR count). The summed E-state index contributed by atoms with van der Waals surface area (Å²) in [5, 5.41) is 0.739. The van der Waals surface area contributed by atoms with Crippen molar-refractivity contribution >= 4 is 11.6 Å². The second-order valence-electron chi connectivity index (χ2n) is 3.50. The van der Waals surface area contributed by atoms with E-state index >= 15 is 0 Å². The minimum absolute atomic E-state index is 0.00573. The first-order chi connectivity index (χ1) is 7.27. The number of rotatable bonds is 6. The Bertz CT molecular complexity index is 273. The third-order valence-electron chi connectivity index (χ3n) is 2.27. The van der Waals surface area contributed by atoms with Gasteiger partial charge in [-0.25, -0.2) is 0 Å². The van der Waals surface area contributed by atoms with E-state index in [1.54, 1.807) is 0 Å². The van der Waals surface area contributed by atoms with Crippen LogP contribution >= 0.6 is 11.6 Å². The molecule has 3 heteroatoms. The van der Waals surface area contributed by atoms with Crippen LogP contribution in [0.15, 0.2) is 24.3 Å². The number of hydrogen-bond donors (Lipinski definition) is 1. The summed E-state index contributed by atoms with van der Waals surface area (Å²) in [4.78, 5) is 0. The van der Waals surface area contributed by atoms with Crippen LogP contribution in [0.1, 0.15) is 31.4 Å². The molecule has 0 saturated heterocycles. The molecule has 1 atom stereocenters. The van der Waals surface area contributed by atoms with E-state index in [0.29, 0.717) is 6.54 Å². The summed E-state index contributed by atoms with van der Waals surface area (Å²) >= 11 is 5.81. The average Bonchev–Trinajstić information content (AvgIpc) is 2.26. The summed E-state index contributed by atoms with van der Waals surface area (Å²) in [7, 11) is 0. The van der Waals surface area contributed by atoms with Crippen LogP contribution in [0.4, 0.5) is 0 Å². The van der Waals surface area contributed by atoms with Crippen LogP contribution < -0.4 is 5.73 Å². The molecule has 0 spiro atoms. The first-order valence-corrected chi connectivity index (χ1v) is 5.72. The van der Waals surface area contributed by atoms with Crippen LogP contribution in [-0.4, -0.2) is 13.2 Å². The average molecular weight is 228 g/mol. The molecule has 0 amide bonds. The van der Waals surface area contributed by atoms with Gasteiger partial charge in [0.1, 0.15) is 0 Å². The summed E-state index contributed by atoms with van der Waals surface area (Å²) in [6.07, 6.45) is 2.20. The van der Waals surface area contributed by atoms with E-state index in [1.165, 1.54) is 0 Å². The molecule has 0 fully saturated rings. The van der Waals surface area contributed by atoms with E-state index in [9.17, 15) is 0 Å². The van der Waals surface area contributed by atoms with Gasteiger partial charge in [-0.3, -0.25) is 0 Å². The lowest BCUT2D eigenvalue weighted by molar-refractivity contribution is 0.0566. The van der Waals surface area contributed by atoms with Crippen molar-refractivity contribution in [3.63, 3.8) is 0 Å². The molecule has 0 aliphatic rings. The zero-order valence-corrected chi connectivity index (χ0v) is 9.83. The number of hydrogen-bond acceptors (Lipinski definition) is 2. The van der Waals surface area contributed by atoms with Crippen molar-refractivity contribution in [1.29, 1.82) is 0 Å². The van der Waals surface area contributed by atoms with E-state index in [-0.39, 0.29) is 6.10 Å². The topological polar surface area (TPSA) is 35.2 Å². The Morgan fingerprint density at radius 2 is 2.00 bits per heavy atom. The number of nitrogens with two attached hydrogens (primary N) is 1. The minimum Gasteiger partial charge on any atom is -0.372 e. The Balaban J connectivity index is 2.53. The van der Waals surface area contributed by atoms with Gasteiger partial charge in [0.15, 0.2) is 0 Å². The van der Waals surface area contributed by atoms with Crippen molar-refractivity contribution < 1.29 is 4.74 Å². The molecular weight excluding hydrogens is 210 g/mol. The summed E-state index contributed by atoms with van der Waals surface area (Å²) in [5.74, 6) is 0. The lowest BCUT2D eigenvalue weighted by Crippen LogP contribution is -2.16. The maximum atomic E-state index is 5.81. The Morgan fingerprint density at radius 1 is 1.33 bits per heavy atom. The molecule has 84 valence electrons. The molecule has 1 unspecified atom stereocenters. The predicted octanol–water partition coefficient (Wildman–Crippen LogP) is 3.16. The van der Waals surface area contributed by atoms with Crippen LogP contribution in [0.5, 0.6) is 0 Å². The normalized spacial score (nSPS) is 12.7. The van der Waals surface area contributed by atoms with Crippen LogP contribution in [0.25, 0.3) is 0 Å². The number of benzene rings is 1. The third-order valence-corrected chi connectivity index (χ3v) is 2.52. The maximum Gasteiger partial charge on any atom is 0.0947 e. The second-order valence-corrected chi connectivity index (χ2v) is 3.94. The summed E-state index contributed by atoms with van der Waals surface area (Å²) in [5.41, 5.74) is 6.76. The molecule has 0 bridgehead atoms. The van der Waals surface area contributed by atoms with Crippen molar-refractivity contribution in [2.45, 2.75) is 25.9 Å². The molecule has 0 aromatic heterocycles. The van der Waals surface area contributed by atoms with E-state index in [1.807, 2.05) is 24.3 Å². The molecule has 1 aromatic rings. The lowest BCUT2D eigenvalue weighted by atomic mass is 10.1. The zero-order valence-electron chi connectivity index (χ0n) is 9.08. The van der Waals surface area contributed by atoms with Gasteiger partial charge in [-0.05, 0) is 24.1 Å². The first kappa shape index (κ1) is 12.5. The smallest absolute Gasteiger partial charge is 0.0947 e. The van der Waals surface area contributed by atoms with Crippen LogP contribution in [0.2, 0.25) is 5.02 Å². The summed E-state index contributed by atoms with van der Waals surface area (Å²) < 4.78 is 5.69. The molecule has 2 nitrogen and oxygen atoms in total. The Morgan fingerprint density at radius 3 is 2.53 bits per heavy atom. The van der Waals surface area contributed by atoms with Crippen LogP contribution in [0, 0.1) is 0 Å². The Kier molecular flexibility index (Phi) is 5.69. The highest BCUT2D eigenvalue weighted by Gasteiger charge is 2.08. The minimum atomic E-state index is -0.00573. The van der Waals surface area contributed by atoms with Gasteiger partial charge in [-0.1, -0.05) is 37.1 Å². The van der Waals surface area contributed by atoms with Gasteiger partial charge < -0.3 is 10.5 Å². The van der Waals surface area contributed by atoms with Gasteiger partial charge in [-0.2, -0.15) is 0 Å². The fourth-order valence-corrected chi connectivity index (χ4v) is 1.47. The number of ether oxygens (including phenoxy) is 1. The van der Waals surface area contributed by atoms with Crippen LogP contribution in [0.3, 0.4) is 0 Å². The molecule has 2 N–H and O–H groups in total. The van der Waals surface area contributed by atoms with Gasteiger partial charge in [0, 0.05) is 18.2 Å².